The highest BCUT2D eigenvalue weighted by Gasteiger charge is 2.19. The maximum Gasteiger partial charge on any atom is 0.188 e. The first kappa shape index (κ1) is 18.7. The third-order valence-corrected chi connectivity index (χ3v) is 5.59. The van der Waals surface area contributed by atoms with Gasteiger partial charge < -0.3 is 10.2 Å². The van der Waals surface area contributed by atoms with Gasteiger partial charge in [-0.1, -0.05) is 11.3 Å². The molecule has 4 heterocycles. The lowest BCUT2D eigenvalue weighted by molar-refractivity contribution is 0.235. The number of anilines is 3. The quantitative estimate of drug-likeness (QED) is 0.683. The van der Waals surface area contributed by atoms with Gasteiger partial charge in [-0.05, 0) is 24.6 Å². The second-order valence-corrected chi connectivity index (χ2v) is 7.60. The molecule has 4 rings (SSSR count). The Hall–Kier alpha value is -2.65. The van der Waals surface area contributed by atoms with Crippen molar-refractivity contribution in [3.05, 3.63) is 42.6 Å². The van der Waals surface area contributed by atoms with Crippen LogP contribution in [0.3, 0.4) is 0 Å². The molecule has 3 aromatic heterocycles. The van der Waals surface area contributed by atoms with E-state index in [0.29, 0.717) is 12.4 Å². The topological polar surface area (TPSA) is 70.1 Å². The van der Waals surface area contributed by atoms with E-state index in [-0.39, 0.29) is 6.67 Å². The zero-order valence-corrected chi connectivity index (χ0v) is 16.5. The molecule has 1 aliphatic rings. The van der Waals surface area contributed by atoms with E-state index in [0.717, 1.165) is 53.4 Å². The minimum atomic E-state index is -0.296. The summed E-state index contributed by atoms with van der Waals surface area (Å²) in [5.41, 5.74) is 1.09. The highest BCUT2D eigenvalue weighted by atomic mass is 32.1. The largest absolute Gasteiger partial charge is 0.354 e. The van der Waals surface area contributed by atoms with Crippen molar-refractivity contribution in [1.29, 1.82) is 0 Å². The molecule has 7 nitrogen and oxygen atoms in total. The van der Waals surface area contributed by atoms with Gasteiger partial charge in [-0.25, -0.2) is 19.3 Å². The number of hydrogen-bond acceptors (Lipinski definition) is 8. The molecule has 0 aromatic carbocycles. The van der Waals surface area contributed by atoms with Crippen LogP contribution in [-0.2, 0) is 0 Å². The Bertz CT molecular complexity index is 910. The van der Waals surface area contributed by atoms with Crippen LogP contribution in [0.2, 0.25) is 0 Å². The van der Waals surface area contributed by atoms with Crippen LogP contribution in [0.25, 0.3) is 10.4 Å². The average Bonchev–Trinajstić information content (AvgIpc) is 3.17. The van der Waals surface area contributed by atoms with Gasteiger partial charge in [-0.3, -0.25) is 9.88 Å². The summed E-state index contributed by atoms with van der Waals surface area (Å²) in [7, 11) is 0. The maximum atomic E-state index is 12.5. The molecule has 0 unspecified atom stereocenters. The Morgan fingerprint density at radius 2 is 1.93 bits per heavy atom. The van der Waals surface area contributed by atoms with Crippen molar-refractivity contribution in [2.45, 2.75) is 6.92 Å². The molecule has 3 aromatic rings. The van der Waals surface area contributed by atoms with Crippen LogP contribution >= 0.6 is 11.3 Å². The van der Waals surface area contributed by atoms with E-state index in [1.807, 2.05) is 31.3 Å². The molecule has 1 fully saturated rings. The normalized spacial score (nSPS) is 15.0. The number of piperazine rings is 1. The lowest BCUT2D eigenvalue weighted by atomic mass is 10.2. The Morgan fingerprint density at radius 1 is 1.14 bits per heavy atom. The van der Waals surface area contributed by atoms with Crippen LogP contribution in [0.4, 0.5) is 21.2 Å². The number of aromatic nitrogens is 4. The van der Waals surface area contributed by atoms with Crippen LogP contribution in [0.15, 0.2) is 36.8 Å². The van der Waals surface area contributed by atoms with Gasteiger partial charge in [0.15, 0.2) is 5.13 Å². The van der Waals surface area contributed by atoms with Crippen molar-refractivity contribution in [2.75, 3.05) is 49.6 Å². The number of halogens is 1. The first-order valence-corrected chi connectivity index (χ1v) is 10.0. The molecule has 0 bridgehead atoms. The molecule has 0 atom stereocenters. The van der Waals surface area contributed by atoms with Gasteiger partial charge in [0.25, 0.3) is 0 Å². The summed E-state index contributed by atoms with van der Waals surface area (Å²) in [4.78, 5) is 23.0. The smallest absolute Gasteiger partial charge is 0.188 e. The first-order chi connectivity index (χ1) is 13.7. The molecule has 1 saturated heterocycles. The van der Waals surface area contributed by atoms with Crippen molar-refractivity contribution < 1.29 is 4.39 Å². The number of pyridine rings is 1. The maximum absolute atomic E-state index is 12.5. The van der Waals surface area contributed by atoms with E-state index in [1.165, 1.54) is 0 Å². The molecular weight excluding hydrogens is 377 g/mol. The number of nitrogens with zero attached hydrogens (tertiary/aromatic N) is 6. The predicted molar refractivity (Wildman–Crippen MR) is 110 cm³/mol. The van der Waals surface area contributed by atoms with Gasteiger partial charge in [0.1, 0.15) is 24.1 Å². The van der Waals surface area contributed by atoms with Crippen LogP contribution < -0.4 is 10.2 Å². The summed E-state index contributed by atoms with van der Waals surface area (Å²) in [6.07, 6.45) is 5.40. The van der Waals surface area contributed by atoms with Crippen molar-refractivity contribution in [3.63, 3.8) is 0 Å². The molecule has 28 heavy (non-hydrogen) atoms. The van der Waals surface area contributed by atoms with Gasteiger partial charge in [-0.2, -0.15) is 0 Å². The van der Waals surface area contributed by atoms with Crippen LogP contribution in [0.5, 0.6) is 0 Å². The highest BCUT2D eigenvalue weighted by molar-refractivity contribution is 7.18. The van der Waals surface area contributed by atoms with E-state index in [9.17, 15) is 4.39 Å². The van der Waals surface area contributed by atoms with Gasteiger partial charge in [0.2, 0.25) is 0 Å². The van der Waals surface area contributed by atoms with E-state index >= 15 is 0 Å². The van der Waals surface area contributed by atoms with Gasteiger partial charge in [-0.15, -0.1) is 0 Å². The Morgan fingerprint density at radius 3 is 2.68 bits per heavy atom. The van der Waals surface area contributed by atoms with E-state index in [1.54, 1.807) is 23.7 Å². The number of nitrogens with one attached hydrogen (secondary N) is 1. The zero-order chi connectivity index (χ0) is 19.3. The number of aryl methyl sites for hydroxylation is 1. The summed E-state index contributed by atoms with van der Waals surface area (Å²) in [6, 6.07) is 5.88. The SMILES string of the molecule is Cc1nc(Nc2ncc(-c3ccncc3)s2)cc(N2CCN(CCF)CC2)n1. The molecule has 0 spiro atoms. The molecule has 0 aliphatic carbocycles. The number of hydrogen-bond donors (Lipinski definition) is 1. The van der Waals surface area contributed by atoms with Gasteiger partial charge in [0.05, 0.1) is 4.88 Å². The Kier molecular flexibility index (Phi) is 5.73. The highest BCUT2D eigenvalue weighted by Crippen LogP contribution is 2.30. The van der Waals surface area contributed by atoms with Crippen LogP contribution in [0, 0.1) is 6.92 Å². The second kappa shape index (κ2) is 8.57. The van der Waals surface area contributed by atoms with Crippen molar-refractivity contribution >= 4 is 28.1 Å². The van der Waals surface area contributed by atoms with Crippen LogP contribution in [-0.4, -0.2) is 64.2 Å². The number of thiazole rings is 1. The minimum absolute atomic E-state index is 0.296. The average molecular weight is 399 g/mol. The predicted octanol–water partition coefficient (Wildman–Crippen LogP) is 3.14. The number of rotatable bonds is 6. The molecule has 9 heteroatoms. The molecule has 1 N–H and O–H groups in total. The van der Waals surface area contributed by atoms with Gasteiger partial charge in [0, 0.05) is 57.4 Å². The fraction of sp³-hybridized carbons (Fsp3) is 0.368. The summed E-state index contributed by atoms with van der Waals surface area (Å²) >= 11 is 1.57. The molecule has 0 saturated carbocycles. The fourth-order valence-electron chi connectivity index (χ4n) is 3.19. The molecule has 0 radical (unpaired) electrons. The summed E-state index contributed by atoms with van der Waals surface area (Å²) < 4.78 is 12.5. The summed E-state index contributed by atoms with van der Waals surface area (Å²) in [6.45, 7) is 5.45. The summed E-state index contributed by atoms with van der Waals surface area (Å²) in [5.74, 6) is 2.32. The van der Waals surface area contributed by atoms with Crippen molar-refractivity contribution in [2.24, 2.45) is 0 Å². The molecule has 1 aliphatic heterocycles. The molecule has 146 valence electrons. The Labute approximate surface area is 167 Å². The molecule has 0 amide bonds. The van der Waals surface area contributed by atoms with E-state index < -0.39 is 0 Å². The number of alkyl halides is 1. The fourth-order valence-corrected chi connectivity index (χ4v) is 4.02. The third kappa shape index (κ3) is 4.42. The van der Waals surface area contributed by atoms with Crippen LogP contribution in [0.1, 0.15) is 5.82 Å². The Balaban J connectivity index is 1.47. The van der Waals surface area contributed by atoms with E-state index in [4.69, 9.17) is 0 Å². The molecular formula is C19H22FN7S. The monoisotopic (exact) mass is 399 g/mol. The zero-order valence-electron chi connectivity index (χ0n) is 15.7. The summed E-state index contributed by atoms with van der Waals surface area (Å²) in [5, 5.41) is 4.08. The lowest BCUT2D eigenvalue weighted by Gasteiger charge is -2.35. The van der Waals surface area contributed by atoms with Crippen molar-refractivity contribution in [3.8, 4) is 10.4 Å². The first-order valence-electron chi connectivity index (χ1n) is 9.23. The van der Waals surface area contributed by atoms with E-state index in [2.05, 4.69) is 35.1 Å². The van der Waals surface area contributed by atoms with Crippen molar-refractivity contribution in [1.82, 2.24) is 24.8 Å². The lowest BCUT2D eigenvalue weighted by Crippen LogP contribution is -2.47. The second-order valence-electron chi connectivity index (χ2n) is 6.57. The van der Waals surface area contributed by atoms with Gasteiger partial charge >= 0.3 is 0 Å². The standard InChI is InChI=1S/C19H22FN7S/c1-14-23-17(12-18(24-14)27-10-8-26(7-4-20)9-11-27)25-19-22-13-16(28-19)15-2-5-21-6-3-15/h2-3,5-6,12-13H,4,7-11H2,1H3,(H,22,23,24,25). The third-order valence-electron chi connectivity index (χ3n) is 4.63. The minimum Gasteiger partial charge on any atom is -0.354 e.